The third-order valence-electron chi connectivity index (χ3n) is 8.78. The van der Waals surface area contributed by atoms with Crippen molar-refractivity contribution in [2.24, 2.45) is 5.92 Å². The van der Waals surface area contributed by atoms with Gasteiger partial charge in [-0.2, -0.15) is 0 Å². The van der Waals surface area contributed by atoms with Gasteiger partial charge < -0.3 is 30.7 Å². The molecule has 14 nitrogen and oxygen atoms in total. The maximum absolute atomic E-state index is 13.9. The number of unbranched alkanes of at least 4 members (excludes halogenated alkanes) is 1. The summed E-state index contributed by atoms with van der Waals surface area (Å²) >= 11 is 1.44. The van der Waals surface area contributed by atoms with Crippen LogP contribution in [0.3, 0.4) is 0 Å². The number of sulfonamides is 1. The number of carbonyl (C=O) groups excluding carboxylic acids is 3. The van der Waals surface area contributed by atoms with Gasteiger partial charge in [-0.25, -0.2) is 18.2 Å². The van der Waals surface area contributed by atoms with E-state index in [1.165, 1.54) is 18.4 Å². The molecule has 5 N–H and O–H groups in total. The van der Waals surface area contributed by atoms with E-state index in [0.29, 0.717) is 47.9 Å². The Morgan fingerprint density at radius 2 is 1.62 bits per heavy atom. The molecule has 58 heavy (non-hydrogen) atoms. The van der Waals surface area contributed by atoms with Gasteiger partial charge in [0.1, 0.15) is 18.4 Å². The zero-order chi connectivity index (χ0) is 41.3. The summed E-state index contributed by atoms with van der Waals surface area (Å²) < 4.78 is 39.8. The number of amides is 3. The van der Waals surface area contributed by atoms with Crippen molar-refractivity contribution in [1.29, 1.82) is 0 Å². The van der Waals surface area contributed by atoms with E-state index in [1.54, 1.807) is 60.9 Å². The van der Waals surface area contributed by atoms with E-state index in [2.05, 4.69) is 36.0 Å². The molecule has 2 heterocycles. The molecule has 0 bridgehead atoms. The first kappa shape index (κ1) is 43.1. The molecule has 2 aromatic heterocycles. The molecule has 3 amide bonds. The second-order valence-corrected chi connectivity index (χ2v) is 16.6. The molecule has 0 spiro atoms. The largest absolute Gasteiger partial charge is 0.497 e. The summed E-state index contributed by atoms with van der Waals surface area (Å²) in [6.07, 6.45) is 4.43. The minimum Gasteiger partial charge on any atom is -0.497 e. The lowest BCUT2D eigenvalue weighted by Gasteiger charge is -2.25. The SMILES string of the molecule is COc1ccc(NS(=O)(=O)C[C@H](CCCCNC(=O)OCc2ccccc2)NC(=O)[C@H](CC(C)C)NC(=O)c2ccc(-c3csc(Nc4cccnc4)n3)cc2)cc1. The minimum absolute atomic E-state index is 0.0317. The Morgan fingerprint density at radius 1 is 0.862 bits per heavy atom. The zero-order valence-electron chi connectivity index (χ0n) is 32.6. The summed E-state index contributed by atoms with van der Waals surface area (Å²) in [6, 6.07) is 24.7. The molecule has 3 aromatic carbocycles. The standard InChI is InChI=1S/C42H49N7O7S2/c1-29(2)24-37(47-39(50)32-16-14-31(15-17-32)38-27-57-41(48-38)46-34-13-9-22-43-25-34)40(51)45-35(28-58(53,54)49-33-18-20-36(55-3)21-19-33)12-7-8-23-44-42(52)56-26-30-10-5-4-6-11-30/h4-6,9-11,13-22,25,27,29,35,37,49H,7-8,12,23-24,26,28H2,1-3H3,(H,44,52)(H,45,51)(H,46,48)(H,47,50)/t35-,37-/m0/s1. The van der Waals surface area contributed by atoms with Crippen molar-refractivity contribution in [1.82, 2.24) is 25.9 Å². The first-order valence-corrected chi connectivity index (χ1v) is 21.4. The Kier molecular flexibility index (Phi) is 16.0. The fourth-order valence-corrected chi connectivity index (χ4v) is 7.98. The molecule has 0 aliphatic heterocycles. The number of rotatable bonds is 21. The van der Waals surface area contributed by atoms with Crippen LogP contribution >= 0.6 is 11.3 Å². The van der Waals surface area contributed by atoms with Crippen molar-refractivity contribution in [2.45, 2.75) is 58.2 Å². The third-order valence-corrected chi connectivity index (χ3v) is 10.9. The second kappa shape index (κ2) is 21.5. The van der Waals surface area contributed by atoms with Crippen LogP contribution in [0.4, 0.5) is 21.3 Å². The number of nitrogens with zero attached hydrogens (tertiary/aromatic N) is 2. The van der Waals surface area contributed by atoms with Crippen LogP contribution in [0.5, 0.6) is 5.75 Å². The molecule has 16 heteroatoms. The maximum Gasteiger partial charge on any atom is 0.407 e. The number of anilines is 3. The predicted molar refractivity (Wildman–Crippen MR) is 227 cm³/mol. The molecule has 0 unspecified atom stereocenters. The van der Waals surface area contributed by atoms with Crippen molar-refractivity contribution < 1.29 is 32.3 Å². The average Bonchev–Trinajstić information content (AvgIpc) is 3.68. The van der Waals surface area contributed by atoms with E-state index < -0.39 is 45.8 Å². The van der Waals surface area contributed by atoms with Gasteiger partial charge in [-0.05, 0) is 85.7 Å². The van der Waals surface area contributed by atoms with Crippen LogP contribution in [0.15, 0.2) is 109 Å². The van der Waals surface area contributed by atoms with Gasteiger partial charge in [-0.1, -0.05) is 56.3 Å². The zero-order valence-corrected chi connectivity index (χ0v) is 34.3. The number of nitrogens with one attached hydrogen (secondary N) is 5. The Labute approximate surface area is 343 Å². The summed E-state index contributed by atoms with van der Waals surface area (Å²) in [5.41, 5.74) is 3.93. The molecule has 306 valence electrons. The summed E-state index contributed by atoms with van der Waals surface area (Å²) in [5, 5.41) is 14.3. The van der Waals surface area contributed by atoms with Gasteiger partial charge in [0.05, 0.1) is 30.4 Å². The molecular weight excluding hydrogens is 779 g/mol. The number of carbonyl (C=O) groups is 3. The second-order valence-electron chi connectivity index (χ2n) is 13.9. The molecule has 5 rings (SSSR count). The normalized spacial score (nSPS) is 12.2. The van der Waals surface area contributed by atoms with Gasteiger partial charge in [0.2, 0.25) is 15.9 Å². The first-order valence-electron chi connectivity index (χ1n) is 18.9. The quantitative estimate of drug-likeness (QED) is 0.0476. The van der Waals surface area contributed by atoms with Crippen LogP contribution in [-0.4, -0.2) is 67.8 Å². The van der Waals surface area contributed by atoms with Crippen molar-refractivity contribution in [3.63, 3.8) is 0 Å². The first-order chi connectivity index (χ1) is 28.0. The molecule has 2 atom stereocenters. The highest BCUT2D eigenvalue weighted by Crippen LogP contribution is 2.27. The monoisotopic (exact) mass is 827 g/mol. The molecule has 0 radical (unpaired) electrons. The number of hydrogen-bond acceptors (Lipinski definition) is 11. The molecule has 0 aliphatic rings. The van der Waals surface area contributed by atoms with Crippen LogP contribution in [-0.2, 0) is 26.2 Å². The lowest BCUT2D eigenvalue weighted by atomic mass is 10.0. The van der Waals surface area contributed by atoms with Crippen molar-refractivity contribution in [2.75, 3.05) is 29.4 Å². The lowest BCUT2D eigenvalue weighted by molar-refractivity contribution is -0.124. The van der Waals surface area contributed by atoms with Gasteiger partial charge in [-0.15, -0.1) is 11.3 Å². The highest BCUT2D eigenvalue weighted by atomic mass is 32.2. The third kappa shape index (κ3) is 14.2. The van der Waals surface area contributed by atoms with E-state index in [1.807, 2.05) is 61.7 Å². The number of benzene rings is 3. The number of methoxy groups -OCH3 is 1. The Balaban J connectivity index is 1.20. The smallest absolute Gasteiger partial charge is 0.407 e. The van der Waals surface area contributed by atoms with Crippen LogP contribution < -0.4 is 30.7 Å². The van der Waals surface area contributed by atoms with Crippen molar-refractivity contribution >= 4 is 55.8 Å². The topological polar surface area (TPSA) is 190 Å². The van der Waals surface area contributed by atoms with Crippen LogP contribution in [0.1, 0.15) is 55.5 Å². The molecule has 0 aliphatic carbocycles. The van der Waals surface area contributed by atoms with Gasteiger partial charge in [0.25, 0.3) is 5.91 Å². The van der Waals surface area contributed by atoms with Crippen LogP contribution in [0.2, 0.25) is 0 Å². The molecule has 0 saturated carbocycles. The Morgan fingerprint density at radius 3 is 2.31 bits per heavy atom. The molecule has 0 fully saturated rings. The number of thiazole rings is 1. The summed E-state index contributed by atoms with van der Waals surface area (Å²) in [5.74, 6) is -0.758. The van der Waals surface area contributed by atoms with Crippen molar-refractivity contribution in [3.05, 3.63) is 120 Å². The van der Waals surface area contributed by atoms with Crippen LogP contribution in [0.25, 0.3) is 11.3 Å². The summed E-state index contributed by atoms with van der Waals surface area (Å²) in [4.78, 5) is 48.3. The number of pyridine rings is 1. The Hall–Kier alpha value is -6.00. The van der Waals surface area contributed by atoms with Gasteiger partial charge in [0, 0.05) is 41.0 Å². The van der Waals surface area contributed by atoms with Gasteiger partial charge in [-0.3, -0.25) is 19.3 Å². The van der Waals surface area contributed by atoms with E-state index in [0.717, 1.165) is 22.5 Å². The fourth-order valence-electron chi connectivity index (χ4n) is 5.89. The Bertz CT molecular complexity index is 2170. The number of hydrogen-bond donors (Lipinski definition) is 5. The summed E-state index contributed by atoms with van der Waals surface area (Å²) in [6.45, 7) is 4.30. The van der Waals surface area contributed by atoms with E-state index >= 15 is 0 Å². The van der Waals surface area contributed by atoms with E-state index in [4.69, 9.17) is 9.47 Å². The highest BCUT2D eigenvalue weighted by molar-refractivity contribution is 7.92. The van der Waals surface area contributed by atoms with Crippen LogP contribution in [0, 0.1) is 5.92 Å². The van der Waals surface area contributed by atoms with E-state index in [-0.39, 0.29) is 18.9 Å². The predicted octanol–water partition coefficient (Wildman–Crippen LogP) is 7.13. The maximum atomic E-state index is 13.9. The molecule has 5 aromatic rings. The van der Waals surface area contributed by atoms with Gasteiger partial charge >= 0.3 is 6.09 Å². The molecule has 0 saturated heterocycles. The van der Waals surface area contributed by atoms with Crippen molar-refractivity contribution in [3.8, 4) is 17.0 Å². The minimum atomic E-state index is -3.94. The summed E-state index contributed by atoms with van der Waals surface area (Å²) in [7, 11) is -2.42. The number of ether oxygens (including phenoxy) is 2. The highest BCUT2D eigenvalue weighted by Gasteiger charge is 2.27. The van der Waals surface area contributed by atoms with E-state index in [9.17, 15) is 22.8 Å². The lowest BCUT2D eigenvalue weighted by Crippen LogP contribution is -2.51. The molecular formula is C42H49N7O7S2. The average molecular weight is 828 g/mol. The number of alkyl carbamates (subject to hydrolysis) is 1. The van der Waals surface area contributed by atoms with Gasteiger partial charge in [0.15, 0.2) is 5.13 Å². The number of aromatic nitrogens is 2. The fraction of sp³-hybridized carbons (Fsp3) is 0.310.